The number of ether oxygens (including phenoxy) is 1. The Bertz CT molecular complexity index is 1340. The lowest BCUT2D eigenvalue weighted by molar-refractivity contribution is -0.275. The highest BCUT2D eigenvalue weighted by Crippen LogP contribution is 2.51. The van der Waals surface area contributed by atoms with Gasteiger partial charge in [0.15, 0.2) is 11.4 Å². The number of aliphatic hydroxyl groups is 1. The van der Waals surface area contributed by atoms with Crippen LogP contribution < -0.4 is 0 Å². The van der Waals surface area contributed by atoms with Crippen molar-refractivity contribution >= 4 is 40.8 Å². The minimum absolute atomic E-state index is 0.0988. The third-order valence-corrected chi connectivity index (χ3v) is 7.44. The van der Waals surface area contributed by atoms with Gasteiger partial charge in [0, 0.05) is 23.1 Å². The quantitative estimate of drug-likeness (QED) is 0.336. The molecule has 0 aliphatic carbocycles. The predicted molar refractivity (Wildman–Crippen MR) is 123 cm³/mol. The maximum absolute atomic E-state index is 14.3. The number of aliphatic hydroxyl groups excluding tert-OH is 1. The van der Waals surface area contributed by atoms with Crippen molar-refractivity contribution in [2.75, 3.05) is 19.7 Å². The molecule has 3 heterocycles. The summed E-state index contributed by atoms with van der Waals surface area (Å²) in [5.74, 6) is -2.62. The number of nitrogens with zero attached hydrogens (tertiary/aromatic N) is 2. The zero-order valence-corrected chi connectivity index (χ0v) is 20.5. The van der Waals surface area contributed by atoms with Crippen LogP contribution in [0, 0.1) is 11.7 Å². The summed E-state index contributed by atoms with van der Waals surface area (Å²) in [4.78, 5) is 31.3. The third kappa shape index (κ3) is 3.86. The van der Waals surface area contributed by atoms with Crippen LogP contribution in [0.2, 0.25) is 10.0 Å². The lowest BCUT2D eigenvalue weighted by Gasteiger charge is -2.47. The molecule has 2 aromatic rings. The average Bonchev–Trinajstić information content (AvgIpc) is 3.41. The van der Waals surface area contributed by atoms with E-state index in [1.165, 1.54) is 17.0 Å². The summed E-state index contributed by atoms with van der Waals surface area (Å²) in [6, 6.07) is 5.99. The summed E-state index contributed by atoms with van der Waals surface area (Å²) in [6.45, 7) is 1.46. The Labute approximate surface area is 217 Å². The van der Waals surface area contributed by atoms with E-state index in [1.807, 2.05) is 0 Å². The molecule has 3 aliphatic rings. The lowest BCUT2D eigenvalue weighted by Crippen LogP contribution is -2.62. The second-order valence-corrected chi connectivity index (χ2v) is 10.1. The fourth-order valence-corrected chi connectivity index (χ4v) is 5.26. The molecule has 1 saturated heterocycles. The van der Waals surface area contributed by atoms with E-state index in [4.69, 9.17) is 32.8 Å². The number of likely N-dealkylation sites (tertiary alicyclic amines) is 1. The van der Waals surface area contributed by atoms with Crippen LogP contribution in [0.4, 0.5) is 17.6 Å². The van der Waals surface area contributed by atoms with Gasteiger partial charge in [-0.3, -0.25) is 4.79 Å². The highest BCUT2D eigenvalue weighted by atomic mass is 35.5. The van der Waals surface area contributed by atoms with Crippen LogP contribution in [0.1, 0.15) is 40.4 Å². The SMILES string of the molecule is CC(CO)C(=O)N1CC2(C1)OC(=O)c1cc(C3=NOC(c4cc(Cl)c(F)c(Cl)c4)(C(F)(F)F)C3)ccc12. The molecule has 7 nitrogen and oxygen atoms in total. The molecule has 13 heteroatoms. The van der Waals surface area contributed by atoms with Gasteiger partial charge in [-0.05, 0) is 18.2 Å². The molecule has 0 radical (unpaired) electrons. The van der Waals surface area contributed by atoms with Crippen molar-refractivity contribution < 1.29 is 41.8 Å². The molecular formula is C24H18Cl2F4N2O5. The first kappa shape index (κ1) is 25.7. The van der Waals surface area contributed by atoms with E-state index in [1.54, 1.807) is 13.0 Å². The van der Waals surface area contributed by atoms with Gasteiger partial charge in [0.2, 0.25) is 5.91 Å². The maximum atomic E-state index is 14.3. The van der Waals surface area contributed by atoms with Gasteiger partial charge in [0.1, 0.15) is 0 Å². The third-order valence-electron chi connectivity index (χ3n) is 6.89. The van der Waals surface area contributed by atoms with Gasteiger partial charge in [-0.25, -0.2) is 9.18 Å². The van der Waals surface area contributed by atoms with E-state index in [-0.39, 0.29) is 42.4 Å². The number of hydrogen-bond donors (Lipinski definition) is 1. The summed E-state index contributed by atoms with van der Waals surface area (Å²) >= 11 is 11.5. The Morgan fingerprint density at radius 2 is 1.86 bits per heavy atom. The first-order valence-electron chi connectivity index (χ1n) is 11.1. The van der Waals surface area contributed by atoms with E-state index in [0.29, 0.717) is 5.56 Å². The highest BCUT2D eigenvalue weighted by Gasteiger charge is 2.63. The lowest BCUT2D eigenvalue weighted by atomic mass is 9.82. The molecule has 1 spiro atoms. The monoisotopic (exact) mass is 560 g/mol. The Kier molecular flexibility index (Phi) is 5.96. The van der Waals surface area contributed by atoms with Gasteiger partial charge in [0.25, 0.3) is 5.60 Å². The first-order chi connectivity index (χ1) is 17.3. The molecule has 0 saturated carbocycles. The summed E-state index contributed by atoms with van der Waals surface area (Å²) in [5, 5.41) is 11.7. The van der Waals surface area contributed by atoms with Crippen molar-refractivity contribution in [1.82, 2.24) is 4.90 Å². The minimum atomic E-state index is -4.98. The van der Waals surface area contributed by atoms with Crippen LogP contribution in [-0.2, 0) is 25.6 Å². The summed E-state index contributed by atoms with van der Waals surface area (Å²) < 4.78 is 62.2. The molecule has 1 fully saturated rings. The number of carbonyl (C=O) groups is 2. The van der Waals surface area contributed by atoms with Gasteiger partial charge in [-0.2, -0.15) is 13.2 Å². The second kappa shape index (κ2) is 8.57. The number of oxime groups is 1. The standard InChI is InChI=1S/C24H18Cl2F4N2O5/c1-11(8-33)20(34)32-9-22(10-32)15-3-2-12(4-14(15)21(35)36-22)18-7-23(37-31-18,24(28,29)30)13-5-16(25)19(27)17(26)6-13/h2-6,11,33H,7-10H2,1H3. The second-order valence-electron chi connectivity index (χ2n) is 9.31. The molecule has 37 heavy (non-hydrogen) atoms. The number of rotatable bonds is 4. The summed E-state index contributed by atoms with van der Waals surface area (Å²) in [6.07, 6.45) is -5.76. The van der Waals surface area contributed by atoms with Crippen molar-refractivity contribution in [1.29, 1.82) is 0 Å². The van der Waals surface area contributed by atoms with Gasteiger partial charge >= 0.3 is 12.1 Å². The van der Waals surface area contributed by atoms with Crippen molar-refractivity contribution in [3.05, 3.63) is 68.4 Å². The van der Waals surface area contributed by atoms with Gasteiger partial charge in [-0.15, -0.1) is 0 Å². The van der Waals surface area contributed by atoms with Gasteiger partial charge in [-0.1, -0.05) is 47.4 Å². The molecule has 196 valence electrons. The van der Waals surface area contributed by atoms with E-state index in [9.17, 15) is 32.3 Å². The Morgan fingerprint density at radius 1 is 1.22 bits per heavy atom. The fourth-order valence-electron chi connectivity index (χ4n) is 4.78. The minimum Gasteiger partial charge on any atom is -0.447 e. The van der Waals surface area contributed by atoms with Crippen LogP contribution in [0.3, 0.4) is 0 Å². The van der Waals surface area contributed by atoms with Gasteiger partial charge < -0.3 is 19.6 Å². The van der Waals surface area contributed by atoms with E-state index < -0.39 is 57.1 Å². The number of fused-ring (bicyclic) bond motifs is 2. The molecular weight excluding hydrogens is 543 g/mol. The fraction of sp³-hybridized carbons (Fsp3) is 0.375. The van der Waals surface area contributed by atoms with Crippen molar-refractivity contribution in [2.45, 2.75) is 30.7 Å². The van der Waals surface area contributed by atoms with Crippen LogP contribution in [0.15, 0.2) is 35.5 Å². The molecule has 3 aliphatic heterocycles. The van der Waals surface area contributed by atoms with Crippen molar-refractivity contribution in [3.63, 3.8) is 0 Å². The maximum Gasteiger partial charge on any atom is 0.435 e. The molecule has 2 atom stereocenters. The number of carbonyl (C=O) groups excluding carboxylic acids is 2. The number of esters is 1. The zero-order valence-electron chi connectivity index (χ0n) is 19.0. The van der Waals surface area contributed by atoms with E-state index >= 15 is 0 Å². The Hall–Kier alpha value is -2.89. The van der Waals surface area contributed by atoms with Crippen molar-refractivity contribution in [2.24, 2.45) is 11.1 Å². The topological polar surface area (TPSA) is 88.4 Å². The van der Waals surface area contributed by atoms with Crippen molar-refractivity contribution in [3.8, 4) is 0 Å². The first-order valence-corrected chi connectivity index (χ1v) is 11.8. The highest BCUT2D eigenvalue weighted by molar-refractivity contribution is 6.35. The number of halogens is 6. The Morgan fingerprint density at radius 3 is 2.46 bits per heavy atom. The summed E-state index contributed by atoms with van der Waals surface area (Å²) in [7, 11) is 0. The predicted octanol–water partition coefficient (Wildman–Crippen LogP) is 4.55. The smallest absolute Gasteiger partial charge is 0.435 e. The number of amides is 1. The number of hydrogen-bond acceptors (Lipinski definition) is 6. The van der Waals surface area contributed by atoms with Crippen LogP contribution in [-0.4, -0.2) is 53.5 Å². The molecule has 0 bridgehead atoms. The summed E-state index contributed by atoms with van der Waals surface area (Å²) in [5.41, 5.74) is -3.82. The van der Waals surface area contributed by atoms with Gasteiger partial charge in [0.05, 0.1) is 46.9 Å². The van der Waals surface area contributed by atoms with Crippen LogP contribution >= 0.6 is 23.2 Å². The largest absolute Gasteiger partial charge is 0.447 e. The van der Waals surface area contributed by atoms with Crippen LogP contribution in [0.5, 0.6) is 0 Å². The molecule has 5 rings (SSSR count). The number of benzene rings is 2. The van der Waals surface area contributed by atoms with E-state index in [0.717, 1.165) is 12.1 Å². The molecule has 1 amide bonds. The molecule has 2 unspecified atom stereocenters. The van der Waals surface area contributed by atoms with Crippen LogP contribution in [0.25, 0.3) is 0 Å². The molecule has 2 aromatic carbocycles. The Balaban J connectivity index is 1.43. The molecule has 0 aromatic heterocycles. The number of alkyl halides is 3. The zero-order chi connectivity index (χ0) is 26.9. The normalized spacial score (nSPS) is 22.8. The van der Waals surface area contributed by atoms with E-state index in [2.05, 4.69) is 5.16 Å². The average molecular weight is 561 g/mol. The molecule has 1 N–H and O–H groups in total.